The van der Waals surface area contributed by atoms with Gasteiger partial charge in [0.05, 0.1) is 7.11 Å². The second-order valence-electron chi connectivity index (χ2n) is 6.09. The molecular weight excluding hydrogens is 336 g/mol. The molecule has 1 saturated heterocycles. The lowest BCUT2D eigenvalue weighted by Gasteiger charge is -2.22. The molecule has 2 heterocycles. The van der Waals surface area contributed by atoms with Crippen molar-refractivity contribution < 1.29 is 4.74 Å². The topological polar surface area (TPSA) is 49.8 Å². The molecule has 0 bridgehead atoms. The number of ether oxygens (including phenoxy) is 1. The molecule has 1 aromatic carbocycles. The Hall–Kier alpha value is -2.27. The van der Waals surface area contributed by atoms with Gasteiger partial charge in [0, 0.05) is 38.8 Å². The number of aromatic nitrogens is 1. The molecule has 1 aromatic heterocycles. The Labute approximate surface area is 153 Å². The predicted octanol–water partition coefficient (Wildman–Crippen LogP) is 3.31. The number of methoxy groups -OCH3 is 1. The van der Waals surface area contributed by atoms with E-state index < -0.39 is 0 Å². The molecule has 1 atom stereocenters. The number of likely N-dealkylation sites (tertiary alicyclic amines) is 1. The molecule has 1 fully saturated rings. The van der Waals surface area contributed by atoms with Crippen molar-refractivity contribution in [3.05, 3.63) is 58.9 Å². The third kappa shape index (κ3) is 4.42. The first-order valence-corrected chi connectivity index (χ1v) is 8.77. The summed E-state index contributed by atoms with van der Waals surface area (Å²) in [7, 11) is 3.52. The second-order valence-corrected chi connectivity index (χ2v) is 6.48. The van der Waals surface area contributed by atoms with Crippen molar-refractivity contribution in [3.63, 3.8) is 0 Å². The van der Waals surface area contributed by atoms with Crippen molar-refractivity contribution in [2.75, 3.05) is 27.2 Å². The van der Waals surface area contributed by atoms with Crippen molar-refractivity contribution >= 4 is 17.6 Å². The summed E-state index contributed by atoms with van der Waals surface area (Å²) in [6.07, 6.45) is 2.91. The zero-order chi connectivity index (χ0) is 17.6. The van der Waals surface area contributed by atoms with Gasteiger partial charge in [0.15, 0.2) is 5.96 Å². The summed E-state index contributed by atoms with van der Waals surface area (Å²) in [5.74, 6) is 2.33. The van der Waals surface area contributed by atoms with Gasteiger partial charge in [-0.1, -0.05) is 29.8 Å². The van der Waals surface area contributed by atoms with Crippen molar-refractivity contribution in [1.82, 2.24) is 15.2 Å². The highest BCUT2D eigenvalue weighted by atomic mass is 35.5. The highest BCUT2D eigenvalue weighted by molar-refractivity contribution is 6.29. The standard InChI is InChI=1S/C19H23ClN4O/c1-21-19(23-12-14-3-8-18(20)22-11-14)24-10-9-16(13-24)15-4-6-17(25-2)7-5-15/h3-8,11,16H,9-10,12-13H2,1-2H3,(H,21,23). The van der Waals surface area contributed by atoms with Crippen molar-refractivity contribution in [2.24, 2.45) is 4.99 Å². The molecule has 0 saturated carbocycles. The zero-order valence-corrected chi connectivity index (χ0v) is 15.3. The lowest BCUT2D eigenvalue weighted by Crippen LogP contribution is -2.39. The van der Waals surface area contributed by atoms with E-state index in [1.165, 1.54) is 5.56 Å². The summed E-state index contributed by atoms with van der Waals surface area (Å²) in [4.78, 5) is 10.8. The quantitative estimate of drug-likeness (QED) is 0.517. The first-order chi connectivity index (χ1) is 12.2. The molecule has 2 aromatic rings. The third-order valence-electron chi connectivity index (χ3n) is 4.53. The van der Waals surface area contributed by atoms with E-state index in [0.717, 1.165) is 36.8 Å². The van der Waals surface area contributed by atoms with E-state index in [1.54, 1.807) is 19.4 Å². The van der Waals surface area contributed by atoms with Crippen LogP contribution in [0.1, 0.15) is 23.5 Å². The third-order valence-corrected chi connectivity index (χ3v) is 4.75. The Morgan fingerprint density at radius 1 is 1.32 bits per heavy atom. The lowest BCUT2D eigenvalue weighted by atomic mass is 9.98. The molecule has 0 radical (unpaired) electrons. The fourth-order valence-electron chi connectivity index (χ4n) is 3.13. The maximum atomic E-state index is 5.83. The second kappa shape index (κ2) is 8.21. The van der Waals surface area contributed by atoms with Crippen molar-refractivity contribution in [2.45, 2.75) is 18.9 Å². The number of hydrogen-bond donors (Lipinski definition) is 1. The van der Waals surface area contributed by atoms with E-state index in [2.05, 4.69) is 32.3 Å². The van der Waals surface area contributed by atoms with Crippen molar-refractivity contribution in [1.29, 1.82) is 0 Å². The molecule has 5 nitrogen and oxygen atoms in total. The molecule has 3 rings (SSSR count). The first kappa shape index (κ1) is 17.5. The first-order valence-electron chi connectivity index (χ1n) is 8.39. The van der Waals surface area contributed by atoms with Gasteiger partial charge in [0.2, 0.25) is 0 Å². The highest BCUT2D eigenvalue weighted by Crippen LogP contribution is 2.28. The van der Waals surface area contributed by atoms with E-state index >= 15 is 0 Å². The van der Waals surface area contributed by atoms with Gasteiger partial charge in [-0.2, -0.15) is 0 Å². The van der Waals surface area contributed by atoms with E-state index in [9.17, 15) is 0 Å². The maximum Gasteiger partial charge on any atom is 0.193 e. The smallest absolute Gasteiger partial charge is 0.193 e. The molecular formula is C19H23ClN4O. The van der Waals surface area contributed by atoms with E-state index in [-0.39, 0.29) is 0 Å². The maximum absolute atomic E-state index is 5.83. The number of pyridine rings is 1. The minimum Gasteiger partial charge on any atom is -0.497 e. The van der Waals surface area contributed by atoms with E-state index in [0.29, 0.717) is 17.6 Å². The number of nitrogens with zero attached hydrogens (tertiary/aromatic N) is 3. The molecule has 0 aliphatic carbocycles. The van der Waals surface area contributed by atoms with Gasteiger partial charge >= 0.3 is 0 Å². The van der Waals surface area contributed by atoms with Crippen LogP contribution in [-0.4, -0.2) is 43.1 Å². The SMILES string of the molecule is CN=C(NCc1ccc(Cl)nc1)N1CCC(c2ccc(OC)cc2)C1. The van der Waals surface area contributed by atoms with Crippen LogP contribution in [0, 0.1) is 0 Å². The Balaban J connectivity index is 1.58. The zero-order valence-electron chi connectivity index (χ0n) is 14.6. The van der Waals surface area contributed by atoms with Gasteiger partial charge in [-0.05, 0) is 35.7 Å². The lowest BCUT2D eigenvalue weighted by molar-refractivity contribution is 0.414. The van der Waals surface area contributed by atoms with Gasteiger partial charge in [-0.3, -0.25) is 4.99 Å². The summed E-state index contributed by atoms with van der Waals surface area (Å²) in [5, 5.41) is 3.92. The number of hydrogen-bond acceptors (Lipinski definition) is 3. The largest absolute Gasteiger partial charge is 0.497 e. The van der Waals surface area contributed by atoms with Crippen LogP contribution in [0.4, 0.5) is 0 Å². The average molecular weight is 359 g/mol. The van der Waals surface area contributed by atoms with Crippen LogP contribution in [0.5, 0.6) is 5.75 Å². The average Bonchev–Trinajstić information content (AvgIpc) is 3.14. The van der Waals surface area contributed by atoms with E-state index in [1.807, 2.05) is 25.2 Å². The molecule has 1 N–H and O–H groups in total. The molecule has 132 valence electrons. The number of rotatable bonds is 4. The number of benzene rings is 1. The molecule has 1 unspecified atom stereocenters. The monoisotopic (exact) mass is 358 g/mol. The number of halogens is 1. The molecule has 0 amide bonds. The van der Waals surface area contributed by atoms with Crippen molar-refractivity contribution in [3.8, 4) is 5.75 Å². The Morgan fingerprint density at radius 2 is 2.12 bits per heavy atom. The number of nitrogens with one attached hydrogen (secondary N) is 1. The normalized spacial score (nSPS) is 17.6. The van der Waals surface area contributed by atoms with Crippen LogP contribution in [-0.2, 0) is 6.54 Å². The Kier molecular flexibility index (Phi) is 5.76. The predicted molar refractivity (Wildman–Crippen MR) is 101 cm³/mol. The van der Waals surface area contributed by atoms with E-state index in [4.69, 9.17) is 16.3 Å². The number of guanidine groups is 1. The summed E-state index contributed by atoms with van der Waals surface area (Å²) < 4.78 is 5.24. The van der Waals surface area contributed by atoms with Gasteiger partial charge in [0.25, 0.3) is 0 Å². The minimum atomic E-state index is 0.509. The van der Waals surface area contributed by atoms with Crippen LogP contribution in [0.15, 0.2) is 47.6 Å². The molecule has 6 heteroatoms. The van der Waals surface area contributed by atoms with Crippen LogP contribution in [0.3, 0.4) is 0 Å². The molecule has 1 aliphatic heterocycles. The Bertz CT molecular complexity index is 715. The van der Waals surface area contributed by atoms with Crippen LogP contribution in [0.2, 0.25) is 5.15 Å². The summed E-state index contributed by atoms with van der Waals surface area (Å²) in [6, 6.07) is 12.1. The summed E-state index contributed by atoms with van der Waals surface area (Å²) >= 11 is 5.83. The van der Waals surface area contributed by atoms with Crippen LogP contribution >= 0.6 is 11.6 Å². The van der Waals surface area contributed by atoms with Gasteiger partial charge in [-0.15, -0.1) is 0 Å². The summed E-state index contributed by atoms with van der Waals surface area (Å²) in [6.45, 7) is 2.64. The molecule has 25 heavy (non-hydrogen) atoms. The van der Waals surface area contributed by atoms with Crippen LogP contribution in [0.25, 0.3) is 0 Å². The Morgan fingerprint density at radius 3 is 2.76 bits per heavy atom. The van der Waals surface area contributed by atoms with Crippen LogP contribution < -0.4 is 10.1 Å². The van der Waals surface area contributed by atoms with Gasteiger partial charge in [-0.25, -0.2) is 4.98 Å². The summed E-state index contributed by atoms with van der Waals surface area (Å²) in [5.41, 5.74) is 2.43. The van der Waals surface area contributed by atoms with Gasteiger partial charge in [0.1, 0.15) is 10.9 Å². The molecule has 1 aliphatic rings. The fraction of sp³-hybridized carbons (Fsp3) is 0.368. The minimum absolute atomic E-state index is 0.509. The number of aliphatic imine (C=N–C) groups is 1. The fourth-order valence-corrected chi connectivity index (χ4v) is 3.24. The molecule has 0 spiro atoms. The highest BCUT2D eigenvalue weighted by Gasteiger charge is 2.26. The van der Waals surface area contributed by atoms with Gasteiger partial charge < -0.3 is 15.0 Å².